The molecule has 1 unspecified atom stereocenters. The minimum atomic E-state index is -1.06. The summed E-state index contributed by atoms with van der Waals surface area (Å²) in [6.07, 6.45) is 0. The van der Waals surface area contributed by atoms with Crippen molar-refractivity contribution in [3.63, 3.8) is 0 Å². The number of carbonyl (C=O) groups excluding carboxylic acids is 2. The third-order valence-electron chi connectivity index (χ3n) is 3.20. The molecule has 23 heavy (non-hydrogen) atoms. The average molecular weight is 378 g/mol. The molecule has 0 fully saturated rings. The normalized spacial score (nSPS) is 11.6. The van der Waals surface area contributed by atoms with Crippen LogP contribution in [0.1, 0.15) is 20.7 Å². The van der Waals surface area contributed by atoms with E-state index in [1.807, 2.05) is 0 Å². The van der Waals surface area contributed by atoms with Crippen molar-refractivity contribution in [1.82, 2.24) is 0 Å². The van der Waals surface area contributed by atoms with Crippen molar-refractivity contribution in [2.75, 3.05) is 7.11 Å². The summed E-state index contributed by atoms with van der Waals surface area (Å²) in [5.41, 5.74) is 0.469. The molecule has 0 heterocycles. The zero-order valence-corrected chi connectivity index (χ0v) is 13.6. The number of carbonyl (C=O) groups is 2. The van der Waals surface area contributed by atoms with Crippen LogP contribution in [-0.4, -0.2) is 28.4 Å². The highest BCUT2D eigenvalue weighted by atomic mass is 79.9. The minimum absolute atomic E-state index is 0.117. The summed E-state index contributed by atoms with van der Waals surface area (Å²) in [7, 11) is 1.52. The first-order chi connectivity index (χ1) is 10.9. The lowest BCUT2D eigenvalue weighted by Crippen LogP contribution is -2.24. The van der Waals surface area contributed by atoms with E-state index in [0.29, 0.717) is 11.3 Å². The Balaban J connectivity index is 2.17. The third-order valence-corrected chi connectivity index (χ3v) is 4.03. The fourth-order valence-corrected chi connectivity index (χ4v) is 2.44. The molecule has 0 saturated heterocycles. The van der Waals surface area contributed by atoms with Gasteiger partial charge in [0.25, 0.3) is 5.69 Å². The van der Waals surface area contributed by atoms with Gasteiger partial charge in [0.1, 0.15) is 10.6 Å². The number of ether oxygens (including phenoxy) is 1. The second-order valence-electron chi connectivity index (χ2n) is 4.62. The molecule has 2 aromatic carbocycles. The van der Waals surface area contributed by atoms with Crippen molar-refractivity contribution >= 4 is 33.2 Å². The van der Waals surface area contributed by atoms with E-state index < -0.39 is 21.3 Å². The van der Waals surface area contributed by atoms with E-state index in [1.165, 1.54) is 31.4 Å². The standard InChI is InChI=1S/C16H12BrNO5/c1-23-13-8-4-11(5-9-13)16(20)14(17)15(19)10-2-6-12(7-3-10)18(21)22/h2-9,14H,1H3. The number of hydrogen-bond acceptors (Lipinski definition) is 5. The van der Waals surface area contributed by atoms with Crippen molar-refractivity contribution < 1.29 is 19.2 Å². The van der Waals surface area contributed by atoms with Crippen LogP contribution >= 0.6 is 15.9 Å². The number of nitro groups is 1. The molecule has 0 N–H and O–H groups in total. The number of methoxy groups -OCH3 is 1. The van der Waals surface area contributed by atoms with E-state index in [9.17, 15) is 19.7 Å². The number of non-ortho nitro benzene ring substituents is 1. The number of Topliss-reactive ketones (excluding diaryl/α,β-unsaturated/α-hetero) is 2. The molecule has 0 bridgehead atoms. The highest BCUT2D eigenvalue weighted by molar-refractivity contribution is 9.10. The predicted octanol–water partition coefficient (Wildman–Crippen LogP) is 3.43. The molecule has 0 aliphatic rings. The Morgan fingerprint density at radius 2 is 1.43 bits per heavy atom. The Morgan fingerprint density at radius 3 is 1.83 bits per heavy atom. The molecule has 0 saturated carbocycles. The van der Waals surface area contributed by atoms with Gasteiger partial charge in [0.2, 0.25) is 0 Å². The van der Waals surface area contributed by atoms with Crippen molar-refractivity contribution in [2.45, 2.75) is 4.83 Å². The molecule has 1 atom stereocenters. The van der Waals surface area contributed by atoms with Gasteiger partial charge in [-0.25, -0.2) is 0 Å². The number of nitro benzene ring substituents is 1. The lowest BCUT2D eigenvalue weighted by molar-refractivity contribution is -0.384. The maximum Gasteiger partial charge on any atom is 0.269 e. The maximum absolute atomic E-state index is 12.3. The van der Waals surface area contributed by atoms with Gasteiger partial charge in [0.05, 0.1) is 12.0 Å². The summed E-state index contributed by atoms with van der Waals surface area (Å²) >= 11 is 3.10. The van der Waals surface area contributed by atoms with Gasteiger partial charge < -0.3 is 4.74 Å². The summed E-state index contributed by atoms with van der Waals surface area (Å²) in [6.45, 7) is 0. The maximum atomic E-state index is 12.3. The van der Waals surface area contributed by atoms with Crippen LogP contribution in [-0.2, 0) is 0 Å². The van der Waals surface area contributed by atoms with Crippen molar-refractivity contribution in [1.29, 1.82) is 0 Å². The average Bonchev–Trinajstić information content (AvgIpc) is 2.60. The van der Waals surface area contributed by atoms with Crippen LogP contribution in [0.15, 0.2) is 48.5 Å². The monoisotopic (exact) mass is 377 g/mol. The van der Waals surface area contributed by atoms with Gasteiger partial charge in [-0.2, -0.15) is 0 Å². The SMILES string of the molecule is COc1ccc(C(=O)C(Br)C(=O)c2ccc([N+](=O)[O-])cc2)cc1. The molecule has 7 heteroatoms. The predicted molar refractivity (Wildman–Crippen MR) is 87.5 cm³/mol. The Hall–Kier alpha value is -2.54. The molecular formula is C16H12BrNO5. The minimum Gasteiger partial charge on any atom is -0.497 e. The smallest absolute Gasteiger partial charge is 0.269 e. The lowest BCUT2D eigenvalue weighted by Gasteiger charge is -2.09. The van der Waals surface area contributed by atoms with Crippen LogP contribution in [0.25, 0.3) is 0 Å². The lowest BCUT2D eigenvalue weighted by atomic mass is 10.0. The zero-order valence-electron chi connectivity index (χ0n) is 12.1. The van der Waals surface area contributed by atoms with Gasteiger partial charge >= 0.3 is 0 Å². The van der Waals surface area contributed by atoms with Crippen LogP contribution < -0.4 is 4.74 Å². The summed E-state index contributed by atoms with van der Waals surface area (Å²) < 4.78 is 5.01. The molecule has 2 aromatic rings. The number of benzene rings is 2. The van der Waals surface area contributed by atoms with E-state index >= 15 is 0 Å². The first-order valence-electron chi connectivity index (χ1n) is 6.55. The number of rotatable bonds is 6. The first kappa shape index (κ1) is 16.8. The van der Waals surface area contributed by atoms with Crippen molar-refractivity contribution in [3.05, 3.63) is 69.8 Å². The van der Waals surface area contributed by atoms with Crippen LogP contribution in [0.5, 0.6) is 5.75 Å². The quantitative estimate of drug-likeness (QED) is 0.253. The van der Waals surface area contributed by atoms with Gasteiger partial charge in [-0.15, -0.1) is 0 Å². The molecule has 0 radical (unpaired) electrons. The zero-order chi connectivity index (χ0) is 17.0. The van der Waals surface area contributed by atoms with Gasteiger partial charge in [-0.3, -0.25) is 19.7 Å². The molecule has 2 rings (SSSR count). The van der Waals surface area contributed by atoms with Crippen molar-refractivity contribution in [2.24, 2.45) is 0 Å². The number of halogens is 1. The highest BCUT2D eigenvalue weighted by Gasteiger charge is 2.26. The third kappa shape index (κ3) is 3.81. The van der Waals surface area contributed by atoms with Crippen LogP contribution in [0.2, 0.25) is 0 Å². The molecule has 0 aromatic heterocycles. The first-order valence-corrected chi connectivity index (χ1v) is 7.46. The van der Waals surface area contributed by atoms with Crippen LogP contribution in [0, 0.1) is 10.1 Å². The Labute approximate surface area is 140 Å². The van der Waals surface area contributed by atoms with E-state index in [-0.39, 0.29) is 11.3 Å². The Morgan fingerprint density at radius 1 is 1.00 bits per heavy atom. The largest absolute Gasteiger partial charge is 0.497 e. The molecule has 6 nitrogen and oxygen atoms in total. The second-order valence-corrected chi connectivity index (χ2v) is 5.54. The van der Waals surface area contributed by atoms with E-state index in [2.05, 4.69) is 15.9 Å². The van der Waals surface area contributed by atoms with Gasteiger partial charge in [0, 0.05) is 23.3 Å². The number of ketones is 2. The number of nitrogens with zero attached hydrogens (tertiary/aromatic N) is 1. The molecule has 0 spiro atoms. The molecule has 0 aliphatic carbocycles. The highest BCUT2D eigenvalue weighted by Crippen LogP contribution is 2.20. The molecular weight excluding hydrogens is 366 g/mol. The number of hydrogen-bond donors (Lipinski definition) is 0. The summed E-state index contributed by atoms with van der Waals surface area (Å²) in [4.78, 5) is 33.6. The van der Waals surface area contributed by atoms with Gasteiger partial charge in [-0.1, -0.05) is 15.9 Å². The Bertz CT molecular complexity index is 740. The summed E-state index contributed by atoms with van der Waals surface area (Å²) in [6, 6.07) is 11.5. The van der Waals surface area contributed by atoms with E-state index in [1.54, 1.807) is 24.3 Å². The fourth-order valence-electron chi connectivity index (χ4n) is 1.91. The van der Waals surface area contributed by atoms with E-state index in [0.717, 1.165) is 0 Å². The molecule has 118 valence electrons. The second kappa shape index (κ2) is 7.15. The number of alkyl halides is 1. The fraction of sp³-hybridized carbons (Fsp3) is 0.125. The molecule has 0 aliphatic heterocycles. The van der Waals surface area contributed by atoms with Crippen LogP contribution in [0.4, 0.5) is 5.69 Å². The van der Waals surface area contributed by atoms with Crippen LogP contribution in [0.3, 0.4) is 0 Å². The van der Waals surface area contributed by atoms with Crippen molar-refractivity contribution in [3.8, 4) is 5.75 Å². The van der Waals surface area contributed by atoms with Gasteiger partial charge in [-0.05, 0) is 36.4 Å². The summed E-state index contributed by atoms with van der Waals surface area (Å²) in [5.74, 6) is -0.244. The topological polar surface area (TPSA) is 86.5 Å². The molecule has 0 amide bonds. The van der Waals surface area contributed by atoms with Gasteiger partial charge in [0.15, 0.2) is 11.6 Å². The van der Waals surface area contributed by atoms with E-state index in [4.69, 9.17) is 4.74 Å². The summed E-state index contributed by atoms with van der Waals surface area (Å²) in [5, 5.41) is 10.6. The Kier molecular flexibility index (Phi) is 5.23.